The van der Waals surface area contributed by atoms with Gasteiger partial charge in [0.05, 0.1) is 37.1 Å². The highest BCUT2D eigenvalue weighted by atomic mass is 32.1. The number of carbonyl (C=O) groups excluding carboxylic acids is 1. The van der Waals surface area contributed by atoms with E-state index < -0.39 is 0 Å². The van der Waals surface area contributed by atoms with E-state index in [1.165, 1.54) is 11.3 Å². The molecule has 30 heavy (non-hydrogen) atoms. The molecule has 0 saturated carbocycles. The second kappa shape index (κ2) is 8.79. The summed E-state index contributed by atoms with van der Waals surface area (Å²) in [6.45, 7) is 1.23. The number of hydrogen-bond acceptors (Lipinski definition) is 7. The van der Waals surface area contributed by atoms with Gasteiger partial charge in [-0.2, -0.15) is 0 Å². The van der Waals surface area contributed by atoms with Gasteiger partial charge >= 0.3 is 0 Å². The average Bonchev–Trinajstić information content (AvgIpc) is 3.19. The van der Waals surface area contributed by atoms with Crippen molar-refractivity contribution >= 4 is 27.5 Å². The molecule has 3 aromatic rings. The topological polar surface area (TPSA) is 70.1 Å². The molecular weight excluding hydrogens is 404 g/mol. The predicted octanol–water partition coefficient (Wildman–Crippen LogP) is 4.01. The van der Waals surface area contributed by atoms with Gasteiger partial charge in [0, 0.05) is 25.9 Å². The summed E-state index contributed by atoms with van der Waals surface area (Å²) in [6, 6.07) is 11.1. The Hall–Kier alpha value is -3.00. The molecule has 1 aliphatic rings. The lowest BCUT2D eigenvalue weighted by molar-refractivity contribution is 0.0592. The lowest BCUT2D eigenvalue weighted by Crippen LogP contribution is -2.41. The molecular formula is C22H24N2O5S. The largest absolute Gasteiger partial charge is 0.497 e. The lowest BCUT2D eigenvalue weighted by atomic mass is 10.1. The van der Waals surface area contributed by atoms with Crippen LogP contribution in [0.1, 0.15) is 23.2 Å². The van der Waals surface area contributed by atoms with Gasteiger partial charge in [-0.3, -0.25) is 4.79 Å². The molecule has 2 aromatic carbocycles. The van der Waals surface area contributed by atoms with Crippen LogP contribution >= 0.6 is 11.3 Å². The van der Waals surface area contributed by atoms with Crippen LogP contribution in [-0.2, 0) is 0 Å². The summed E-state index contributed by atoms with van der Waals surface area (Å²) >= 11 is 1.51. The van der Waals surface area contributed by atoms with Gasteiger partial charge in [-0.25, -0.2) is 4.98 Å². The quantitative estimate of drug-likeness (QED) is 0.591. The van der Waals surface area contributed by atoms with E-state index in [2.05, 4.69) is 4.98 Å². The van der Waals surface area contributed by atoms with Crippen LogP contribution in [0.5, 0.6) is 22.4 Å². The summed E-state index contributed by atoms with van der Waals surface area (Å²) in [4.78, 5) is 19.4. The van der Waals surface area contributed by atoms with Crippen LogP contribution in [0.25, 0.3) is 10.2 Å². The number of hydrogen-bond donors (Lipinski definition) is 0. The molecule has 4 rings (SSSR count). The number of ether oxygens (including phenoxy) is 4. The van der Waals surface area contributed by atoms with E-state index in [-0.39, 0.29) is 12.0 Å². The molecule has 0 aliphatic carbocycles. The fourth-order valence-corrected chi connectivity index (χ4v) is 4.52. The molecule has 0 atom stereocenters. The third-order valence-electron chi connectivity index (χ3n) is 5.21. The summed E-state index contributed by atoms with van der Waals surface area (Å²) in [5.74, 6) is 1.76. The van der Waals surface area contributed by atoms with Gasteiger partial charge < -0.3 is 23.8 Å². The van der Waals surface area contributed by atoms with Crippen LogP contribution in [0.3, 0.4) is 0 Å². The second-order valence-corrected chi connectivity index (χ2v) is 7.96. The summed E-state index contributed by atoms with van der Waals surface area (Å²) in [5.41, 5.74) is 1.41. The Labute approximate surface area is 179 Å². The van der Waals surface area contributed by atoms with Gasteiger partial charge in [0.25, 0.3) is 11.1 Å². The van der Waals surface area contributed by atoms with E-state index in [1.54, 1.807) is 39.5 Å². The standard InChI is InChI=1S/C22H24N2O5S/c1-26-15-7-8-17-19(13-15)30-22(23-17)29-14-9-11-24(12-10-14)21(25)16-5-4-6-18(27-2)20(16)28-3/h4-8,13-14H,9-12H2,1-3H3. The van der Waals surface area contributed by atoms with Gasteiger partial charge in [0.2, 0.25) is 0 Å². The van der Waals surface area contributed by atoms with Crippen LogP contribution in [0, 0.1) is 0 Å². The number of rotatable bonds is 6. The maximum atomic E-state index is 13.0. The first-order chi connectivity index (χ1) is 14.6. The average molecular weight is 429 g/mol. The second-order valence-electron chi connectivity index (χ2n) is 6.96. The highest BCUT2D eigenvalue weighted by molar-refractivity contribution is 7.20. The maximum Gasteiger partial charge on any atom is 0.274 e. The zero-order valence-corrected chi connectivity index (χ0v) is 18.0. The zero-order valence-electron chi connectivity index (χ0n) is 17.2. The summed E-state index contributed by atoms with van der Waals surface area (Å²) in [6.07, 6.45) is 1.53. The number of likely N-dealkylation sites (tertiary alicyclic amines) is 1. The molecule has 0 unspecified atom stereocenters. The third kappa shape index (κ3) is 4.00. The molecule has 2 heterocycles. The number of thiazole rings is 1. The van der Waals surface area contributed by atoms with Crippen molar-refractivity contribution in [2.24, 2.45) is 0 Å². The van der Waals surface area contributed by atoms with E-state index >= 15 is 0 Å². The van der Waals surface area contributed by atoms with Crippen molar-refractivity contribution in [3.8, 4) is 22.4 Å². The molecule has 0 radical (unpaired) electrons. The van der Waals surface area contributed by atoms with Gasteiger partial charge in [-0.15, -0.1) is 0 Å². The van der Waals surface area contributed by atoms with Crippen molar-refractivity contribution in [1.29, 1.82) is 0 Å². The number of nitrogens with zero attached hydrogens (tertiary/aromatic N) is 2. The molecule has 1 amide bonds. The maximum absolute atomic E-state index is 13.0. The number of methoxy groups -OCH3 is 3. The highest BCUT2D eigenvalue weighted by Crippen LogP contribution is 2.34. The molecule has 158 valence electrons. The molecule has 1 fully saturated rings. The fraction of sp³-hybridized carbons (Fsp3) is 0.364. The minimum Gasteiger partial charge on any atom is -0.497 e. The summed E-state index contributed by atoms with van der Waals surface area (Å²) in [7, 11) is 4.76. The van der Waals surface area contributed by atoms with Crippen molar-refractivity contribution in [2.75, 3.05) is 34.4 Å². The van der Waals surface area contributed by atoms with E-state index in [4.69, 9.17) is 18.9 Å². The predicted molar refractivity (Wildman–Crippen MR) is 115 cm³/mol. The molecule has 0 spiro atoms. The molecule has 0 bridgehead atoms. The molecule has 1 saturated heterocycles. The Morgan fingerprint density at radius 2 is 1.87 bits per heavy atom. The summed E-state index contributed by atoms with van der Waals surface area (Å²) < 4.78 is 23.1. The zero-order chi connectivity index (χ0) is 21.1. The monoisotopic (exact) mass is 428 g/mol. The Bertz CT molecular complexity index is 1040. The Balaban J connectivity index is 1.40. The number of amides is 1. The number of piperidine rings is 1. The number of benzene rings is 2. The van der Waals surface area contributed by atoms with Gasteiger partial charge in [0.15, 0.2) is 11.5 Å². The fourth-order valence-electron chi connectivity index (χ4n) is 3.61. The molecule has 8 heteroatoms. The third-order valence-corrected chi connectivity index (χ3v) is 6.12. The highest BCUT2D eigenvalue weighted by Gasteiger charge is 2.28. The minimum absolute atomic E-state index is 0.0312. The SMILES string of the molecule is COc1ccc2nc(OC3CCN(C(=O)c4cccc(OC)c4OC)CC3)sc2c1. The van der Waals surface area contributed by atoms with Crippen LogP contribution < -0.4 is 18.9 Å². The van der Waals surface area contributed by atoms with Crippen LogP contribution in [0.2, 0.25) is 0 Å². The number of para-hydroxylation sites is 1. The van der Waals surface area contributed by atoms with Gasteiger partial charge in [-0.05, 0) is 30.3 Å². The normalized spacial score (nSPS) is 14.6. The molecule has 0 N–H and O–H groups in total. The van der Waals surface area contributed by atoms with Gasteiger partial charge in [0.1, 0.15) is 11.9 Å². The van der Waals surface area contributed by atoms with E-state index in [0.29, 0.717) is 35.3 Å². The number of carbonyl (C=O) groups is 1. The van der Waals surface area contributed by atoms with Crippen LogP contribution in [0.4, 0.5) is 0 Å². The smallest absolute Gasteiger partial charge is 0.274 e. The minimum atomic E-state index is -0.0590. The van der Waals surface area contributed by atoms with Crippen molar-refractivity contribution in [2.45, 2.75) is 18.9 Å². The van der Waals surface area contributed by atoms with Crippen molar-refractivity contribution in [3.63, 3.8) is 0 Å². The lowest BCUT2D eigenvalue weighted by Gasteiger charge is -2.32. The van der Waals surface area contributed by atoms with Crippen LogP contribution in [0.15, 0.2) is 36.4 Å². The molecule has 7 nitrogen and oxygen atoms in total. The number of aromatic nitrogens is 1. The van der Waals surface area contributed by atoms with Crippen molar-refractivity contribution in [1.82, 2.24) is 9.88 Å². The van der Waals surface area contributed by atoms with E-state index in [0.717, 1.165) is 28.8 Å². The van der Waals surface area contributed by atoms with E-state index in [9.17, 15) is 4.79 Å². The first-order valence-corrected chi connectivity index (χ1v) is 10.6. The Morgan fingerprint density at radius 3 is 2.57 bits per heavy atom. The Kier molecular flexibility index (Phi) is 5.94. The van der Waals surface area contributed by atoms with E-state index in [1.807, 2.05) is 23.1 Å². The van der Waals surface area contributed by atoms with Crippen LogP contribution in [-0.4, -0.2) is 56.3 Å². The first kappa shape index (κ1) is 20.3. The Morgan fingerprint density at radius 1 is 1.07 bits per heavy atom. The first-order valence-electron chi connectivity index (χ1n) is 9.74. The summed E-state index contributed by atoms with van der Waals surface area (Å²) in [5, 5.41) is 0.650. The van der Waals surface area contributed by atoms with Gasteiger partial charge in [-0.1, -0.05) is 17.4 Å². The van der Waals surface area contributed by atoms with Crippen molar-refractivity contribution in [3.05, 3.63) is 42.0 Å². The molecule has 1 aliphatic heterocycles. The molecule has 1 aromatic heterocycles. The number of fused-ring (bicyclic) bond motifs is 1. The van der Waals surface area contributed by atoms with Crippen molar-refractivity contribution < 1.29 is 23.7 Å².